The van der Waals surface area contributed by atoms with Gasteiger partial charge in [-0.2, -0.15) is 4.98 Å². The Morgan fingerprint density at radius 2 is 2.00 bits per heavy atom. The average Bonchev–Trinajstić information content (AvgIpc) is 2.42. The van der Waals surface area contributed by atoms with Gasteiger partial charge in [-0.3, -0.25) is 0 Å². The van der Waals surface area contributed by atoms with Crippen molar-refractivity contribution in [3.63, 3.8) is 0 Å². The highest BCUT2D eigenvalue weighted by molar-refractivity contribution is 5.39. The number of halogens is 2. The average molecular weight is 272 g/mol. The molecule has 0 amide bonds. The minimum Gasteiger partial charge on any atom is -0.472 e. The van der Waals surface area contributed by atoms with Crippen LogP contribution < -0.4 is 10.1 Å². The van der Waals surface area contributed by atoms with E-state index in [-0.39, 0.29) is 23.9 Å². The first-order chi connectivity index (χ1) is 9.13. The van der Waals surface area contributed by atoms with Crippen LogP contribution in [0.2, 0.25) is 0 Å². The summed E-state index contributed by atoms with van der Waals surface area (Å²) in [6.07, 6.45) is 3.46. The molecule has 1 aromatic heterocycles. The van der Waals surface area contributed by atoms with Crippen LogP contribution in [0.3, 0.4) is 0 Å². The number of rotatable bonds is 4. The molecule has 1 aliphatic carbocycles. The van der Waals surface area contributed by atoms with E-state index in [0.717, 1.165) is 25.3 Å². The summed E-state index contributed by atoms with van der Waals surface area (Å²) in [4.78, 5) is 3.81. The maximum atomic E-state index is 13.6. The van der Waals surface area contributed by atoms with Crippen LogP contribution in [0.1, 0.15) is 25.7 Å². The maximum Gasteiger partial charge on any atom is 0.252 e. The van der Waals surface area contributed by atoms with Gasteiger partial charge in [-0.05, 0) is 19.3 Å². The molecule has 1 aliphatic rings. The fourth-order valence-corrected chi connectivity index (χ4v) is 2.29. The highest BCUT2D eigenvalue weighted by Gasteiger charge is 2.25. The van der Waals surface area contributed by atoms with E-state index in [1.807, 2.05) is 0 Å². The Bertz CT molecular complexity index is 443. The van der Waals surface area contributed by atoms with Gasteiger partial charge in [-0.1, -0.05) is 0 Å². The zero-order chi connectivity index (χ0) is 13.8. The lowest BCUT2D eigenvalue weighted by atomic mass is 9.95. The van der Waals surface area contributed by atoms with Crippen molar-refractivity contribution < 1.29 is 18.3 Å². The molecule has 1 heterocycles. The molecule has 0 radical (unpaired) electrons. The third kappa shape index (κ3) is 3.32. The Morgan fingerprint density at radius 3 is 2.68 bits per heavy atom. The number of ether oxygens (including phenoxy) is 2. The summed E-state index contributed by atoms with van der Waals surface area (Å²) in [5, 5.41) is 2.56. The minimum atomic E-state index is -0.781. The molecular formula is C13H18F2N2O2. The molecule has 4 nitrogen and oxygen atoms in total. The van der Waals surface area contributed by atoms with Crippen molar-refractivity contribution in [2.24, 2.45) is 0 Å². The van der Waals surface area contributed by atoms with Gasteiger partial charge < -0.3 is 14.8 Å². The Morgan fingerprint density at radius 1 is 1.26 bits per heavy atom. The zero-order valence-electron chi connectivity index (χ0n) is 11.1. The SMILES string of the molecule is CNc1nc(OC2CCCC(OC)C2)c(F)cc1F. The van der Waals surface area contributed by atoms with E-state index in [1.54, 1.807) is 7.11 Å². The summed E-state index contributed by atoms with van der Waals surface area (Å²) in [6.45, 7) is 0. The van der Waals surface area contributed by atoms with E-state index in [9.17, 15) is 8.78 Å². The zero-order valence-corrected chi connectivity index (χ0v) is 11.1. The number of nitrogens with one attached hydrogen (secondary N) is 1. The van der Waals surface area contributed by atoms with Crippen LogP contribution in [0.4, 0.5) is 14.6 Å². The largest absolute Gasteiger partial charge is 0.472 e. The molecule has 106 valence electrons. The van der Waals surface area contributed by atoms with Crippen molar-refractivity contribution in [2.75, 3.05) is 19.5 Å². The predicted octanol–water partition coefficient (Wildman–Crippen LogP) is 2.74. The third-order valence-electron chi connectivity index (χ3n) is 3.32. The van der Waals surface area contributed by atoms with Gasteiger partial charge in [0.2, 0.25) is 0 Å². The van der Waals surface area contributed by atoms with Gasteiger partial charge in [0.25, 0.3) is 5.88 Å². The van der Waals surface area contributed by atoms with Crippen LogP contribution in [-0.4, -0.2) is 31.3 Å². The summed E-state index contributed by atoms with van der Waals surface area (Å²) in [5.41, 5.74) is 0. The minimum absolute atomic E-state index is 0.0181. The van der Waals surface area contributed by atoms with Gasteiger partial charge in [-0.15, -0.1) is 0 Å². The number of pyridine rings is 1. The lowest BCUT2D eigenvalue weighted by Gasteiger charge is -2.28. The molecule has 1 saturated carbocycles. The van der Waals surface area contributed by atoms with Crippen LogP contribution in [0.25, 0.3) is 0 Å². The van der Waals surface area contributed by atoms with Gasteiger partial charge in [0.1, 0.15) is 6.10 Å². The first-order valence-corrected chi connectivity index (χ1v) is 6.37. The van der Waals surface area contributed by atoms with E-state index in [0.29, 0.717) is 6.42 Å². The molecule has 1 N–H and O–H groups in total. The standard InChI is InChI=1S/C13H18F2N2O2/c1-16-12-10(14)7-11(15)13(17-12)19-9-5-3-4-8(6-9)18-2/h7-9H,3-6H2,1-2H3,(H,16,17). The van der Waals surface area contributed by atoms with Crippen molar-refractivity contribution >= 4 is 5.82 Å². The van der Waals surface area contributed by atoms with Gasteiger partial charge >= 0.3 is 0 Å². The maximum absolute atomic E-state index is 13.6. The predicted molar refractivity (Wildman–Crippen MR) is 67.4 cm³/mol. The molecule has 2 unspecified atom stereocenters. The van der Waals surface area contributed by atoms with Crippen LogP contribution >= 0.6 is 0 Å². The van der Waals surface area contributed by atoms with Gasteiger partial charge in [-0.25, -0.2) is 8.78 Å². The van der Waals surface area contributed by atoms with Gasteiger partial charge in [0.15, 0.2) is 17.5 Å². The molecule has 0 saturated heterocycles. The summed E-state index contributed by atoms with van der Waals surface area (Å²) >= 11 is 0. The summed E-state index contributed by atoms with van der Waals surface area (Å²) in [7, 11) is 3.18. The van der Waals surface area contributed by atoms with Crippen LogP contribution in [0, 0.1) is 11.6 Å². The van der Waals surface area contributed by atoms with Crippen molar-refractivity contribution in [3.05, 3.63) is 17.7 Å². The Balaban J connectivity index is 2.10. The number of hydrogen-bond donors (Lipinski definition) is 1. The Labute approximate surface area is 111 Å². The molecular weight excluding hydrogens is 254 g/mol. The van der Waals surface area contributed by atoms with Crippen LogP contribution in [-0.2, 0) is 4.74 Å². The second-order valence-electron chi connectivity index (χ2n) is 4.62. The monoisotopic (exact) mass is 272 g/mol. The van der Waals surface area contributed by atoms with Crippen LogP contribution in [0.5, 0.6) is 5.88 Å². The highest BCUT2D eigenvalue weighted by atomic mass is 19.1. The first-order valence-electron chi connectivity index (χ1n) is 6.37. The lowest BCUT2D eigenvalue weighted by Crippen LogP contribution is -2.30. The van der Waals surface area contributed by atoms with Crippen molar-refractivity contribution in [3.8, 4) is 5.88 Å². The molecule has 2 rings (SSSR count). The summed E-state index contributed by atoms with van der Waals surface area (Å²) in [6, 6.07) is 0.783. The molecule has 0 aliphatic heterocycles. The van der Waals surface area contributed by atoms with E-state index < -0.39 is 11.6 Å². The first kappa shape index (κ1) is 14.0. The van der Waals surface area contributed by atoms with Gasteiger partial charge in [0.05, 0.1) is 6.10 Å². The number of nitrogens with zero attached hydrogens (tertiary/aromatic N) is 1. The fourth-order valence-electron chi connectivity index (χ4n) is 2.29. The number of anilines is 1. The molecule has 6 heteroatoms. The quantitative estimate of drug-likeness (QED) is 0.915. The van der Waals surface area contributed by atoms with E-state index >= 15 is 0 Å². The number of hydrogen-bond acceptors (Lipinski definition) is 4. The second kappa shape index (κ2) is 6.14. The summed E-state index contributed by atoms with van der Waals surface area (Å²) in [5.74, 6) is -1.69. The molecule has 1 aromatic rings. The Kier molecular flexibility index (Phi) is 4.52. The van der Waals surface area contributed by atoms with Crippen LogP contribution in [0.15, 0.2) is 6.07 Å². The molecule has 0 aromatic carbocycles. The van der Waals surface area contributed by atoms with E-state index in [2.05, 4.69) is 10.3 Å². The van der Waals surface area contributed by atoms with Crippen molar-refractivity contribution in [2.45, 2.75) is 37.9 Å². The molecule has 1 fully saturated rings. The van der Waals surface area contributed by atoms with Gasteiger partial charge in [0, 0.05) is 26.6 Å². The van der Waals surface area contributed by atoms with E-state index in [1.165, 1.54) is 7.05 Å². The topological polar surface area (TPSA) is 43.4 Å². The molecule has 2 atom stereocenters. The normalized spacial score (nSPS) is 23.2. The number of aromatic nitrogens is 1. The fraction of sp³-hybridized carbons (Fsp3) is 0.615. The second-order valence-corrected chi connectivity index (χ2v) is 4.62. The third-order valence-corrected chi connectivity index (χ3v) is 3.32. The smallest absolute Gasteiger partial charge is 0.252 e. The lowest BCUT2D eigenvalue weighted by molar-refractivity contribution is 0.0181. The Hall–Kier alpha value is -1.43. The highest BCUT2D eigenvalue weighted by Crippen LogP contribution is 2.27. The molecule has 0 bridgehead atoms. The van der Waals surface area contributed by atoms with Crippen molar-refractivity contribution in [1.82, 2.24) is 4.98 Å². The molecule has 19 heavy (non-hydrogen) atoms. The van der Waals surface area contributed by atoms with E-state index in [4.69, 9.17) is 9.47 Å². The molecule has 0 spiro atoms. The summed E-state index contributed by atoms with van der Waals surface area (Å²) < 4.78 is 37.7. The van der Waals surface area contributed by atoms with Crippen molar-refractivity contribution in [1.29, 1.82) is 0 Å². The number of methoxy groups -OCH3 is 1.